The molecule has 0 bridgehead atoms. The highest BCUT2D eigenvalue weighted by Crippen LogP contribution is 2.34. The van der Waals surface area contributed by atoms with E-state index in [2.05, 4.69) is 11.9 Å². The van der Waals surface area contributed by atoms with Gasteiger partial charge in [-0.05, 0) is 60.5 Å². The SMILES string of the molecule is CCCCc1ccc(-n2c(Sc3c(N)c4cc([N+](=O)[O-])ccc4[nH]c3=O)nc3ccccc3c2=O)cc1. The van der Waals surface area contributed by atoms with Crippen molar-refractivity contribution in [1.29, 1.82) is 0 Å². The average molecular weight is 514 g/mol. The van der Waals surface area contributed by atoms with E-state index in [1.165, 1.54) is 28.3 Å². The smallest absolute Gasteiger partial charge is 0.270 e. The Morgan fingerprint density at radius 3 is 2.54 bits per heavy atom. The lowest BCUT2D eigenvalue weighted by molar-refractivity contribution is -0.384. The number of H-pyrrole nitrogens is 1. The van der Waals surface area contributed by atoms with Gasteiger partial charge in [-0.25, -0.2) is 4.98 Å². The third-order valence-corrected chi connectivity index (χ3v) is 7.22. The number of nitrogen functional groups attached to an aromatic ring is 1. The first kappa shape index (κ1) is 24.3. The van der Waals surface area contributed by atoms with Crippen molar-refractivity contribution in [3.8, 4) is 5.69 Å². The number of hydrogen-bond donors (Lipinski definition) is 2. The molecule has 2 heterocycles. The topological polar surface area (TPSA) is 137 Å². The summed E-state index contributed by atoms with van der Waals surface area (Å²) < 4.78 is 1.47. The molecule has 5 aromatic rings. The van der Waals surface area contributed by atoms with Gasteiger partial charge in [-0.2, -0.15) is 0 Å². The van der Waals surface area contributed by atoms with E-state index in [0.29, 0.717) is 27.5 Å². The molecule has 0 radical (unpaired) electrons. The molecule has 37 heavy (non-hydrogen) atoms. The van der Waals surface area contributed by atoms with Crippen LogP contribution in [-0.2, 0) is 6.42 Å². The summed E-state index contributed by atoms with van der Waals surface area (Å²) in [6.45, 7) is 2.14. The number of nitro benzene ring substituents is 1. The Kier molecular flexibility index (Phi) is 6.49. The standard InChI is InChI=1S/C27H23N5O4S/c1-2-3-6-16-9-11-17(12-10-16)31-26(34)19-7-4-5-8-21(19)30-27(31)37-24-23(28)20-15-18(32(35)36)13-14-22(20)29-25(24)33/h4-5,7-15H,2-3,6H2,1H3,(H3,28,29,33). The van der Waals surface area contributed by atoms with Crippen molar-refractivity contribution in [1.82, 2.24) is 14.5 Å². The molecule has 0 saturated carbocycles. The van der Waals surface area contributed by atoms with Crippen LogP contribution in [-0.4, -0.2) is 19.5 Å². The van der Waals surface area contributed by atoms with Gasteiger partial charge in [0, 0.05) is 17.5 Å². The molecule has 10 heteroatoms. The van der Waals surface area contributed by atoms with Crippen LogP contribution >= 0.6 is 11.8 Å². The second-order valence-corrected chi connectivity index (χ2v) is 9.59. The average Bonchev–Trinajstić information content (AvgIpc) is 2.90. The summed E-state index contributed by atoms with van der Waals surface area (Å²) in [5.41, 5.74) is 8.18. The largest absolute Gasteiger partial charge is 0.397 e. The van der Waals surface area contributed by atoms with Crippen molar-refractivity contribution in [2.24, 2.45) is 0 Å². The van der Waals surface area contributed by atoms with Crippen LogP contribution in [0.1, 0.15) is 25.3 Å². The van der Waals surface area contributed by atoms with Crippen LogP contribution in [0, 0.1) is 10.1 Å². The molecule has 3 aromatic carbocycles. The molecule has 0 unspecified atom stereocenters. The molecule has 186 valence electrons. The Bertz CT molecular complexity index is 1780. The second-order valence-electron chi connectivity index (χ2n) is 8.61. The Hall–Kier alpha value is -4.44. The van der Waals surface area contributed by atoms with E-state index in [1.807, 2.05) is 24.3 Å². The molecule has 5 rings (SSSR count). The van der Waals surface area contributed by atoms with E-state index in [-0.39, 0.29) is 27.0 Å². The number of nitrogens with two attached hydrogens (primary N) is 1. The van der Waals surface area contributed by atoms with Crippen LogP contribution in [0.3, 0.4) is 0 Å². The highest BCUT2D eigenvalue weighted by atomic mass is 32.2. The van der Waals surface area contributed by atoms with Crippen LogP contribution in [0.25, 0.3) is 27.5 Å². The van der Waals surface area contributed by atoms with Gasteiger partial charge >= 0.3 is 0 Å². The third kappa shape index (κ3) is 4.58. The van der Waals surface area contributed by atoms with E-state index in [1.54, 1.807) is 24.3 Å². The van der Waals surface area contributed by atoms with E-state index < -0.39 is 10.5 Å². The maximum atomic E-state index is 13.6. The van der Waals surface area contributed by atoms with Crippen molar-refractivity contribution < 1.29 is 4.92 Å². The van der Waals surface area contributed by atoms with Gasteiger partial charge in [0.25, 0.3) is 16.8 Å². The van der Waals surface area contributed by atoms with Crippen molar-refractivity contribution in [3.63, 3.8) is 0 Å². The molecule has 0 saturated heterocycles. The van der Waals surface area contributed by atoms with Crippen LogP contribution in [0.4, 0.5) is 11.4 Å². The number of fused-ring (bicyclic) bond motifs is 2. The number of aromatic nitrogens is 3. The number of hydrogen-bond acceptors (Lipinski definition) is 7. The molecule has 0 fully saturated rings. The number of rotatable bonds is 7. The first-order valence-electron chi connectivity index (χ1n) is 11.8. The van der Waals surface area contributed by atoms with Crippen molar-refractivity contribution in [3.05, 3.63) is 103 Å². The number of unbranched alkanes of at least 4 members (excludes halogenated alkanes) is 1. The van der Waals surface area contributed by atoms with Crippen LogP contribution in [0.5, 0.6) is 0 Å². The van der Waals surface area contributed by atoms with Gasteiger partial charge in [0.1, 0.15) is 4.90 Å². The third-order valence-electron chi connectivity index (χ3n) is 6.16. The predicted molar refractivity (Wildman–Crippen MR) is 146 cm³/mol. The minimum Gasteiger partial charge on any atom is -0.397 e. The normalized spacial score (nSPS) is 11.3. The number of nitrogens with one attached hydrogen (secondary N) is 1. The number of pyridine rings is 1. The zero-order valence-corrected chi connectivity index (χ0v) is 20.7. The van der Waals surface area contributed by atoms with Crippen molar-refractivity contribution >= 4 is 44.9 Å². The molecule has 0 aliphatic carbocycles. The van der Waals surface area contributed by atoms with Gasteiger partial charge < -0.3 is 10.7 Å². The zero-order chi connectivity index (χ0) is 26.1. The molecule has 2 aromatic heterocycles. The fourth-order valence-corrected chi connectivity index (χ4v) is 5.16. The fraction of sp³-hybridized carbons (Fsp3) is 0.148. The predicted octanol–water partition coefficient (Wildman–Crippen LogP) is 5.21. The number of benzene rings is 3. The number of anilines is 1. The second kappa shape index (κ2) is 9.90. The van der Waals surface area contributed by atoms with Gasteiger partial charge in [-0.3, -0.25) is 24.3 Å². The number of aromatic amines is 1. The minimum absolute atomic E-state index is 0.0799. The minimum atomic E-state index is -0.524. The van der Waals surface area contributed by atoms with Gasteiger partial charge in [-0.15, -0.1) is 0 Å². The van der Waals surface area contributed by atoms with Crippen LogP contribution < -0.4 is 16.9 Å². The summed E-state index contributed by atoms with van der Waals surface area (Å²) in [5.74, 6) is 0. The maximum Gasteiger partial charge on any atom is 0.270 e. The molecule has 3 N–H and O–H groups in total. The lowest BCUT2D eigenvalue weighted by Gasteiger charge is -2.15. The molecule has 0 spiro atoms. The Morgan fingerprint density at radius 1 is 1.05 bits per heavy atom. The van der Waals surface area contributed by atoms with Gasteiger partial charge in [0.2, 0.25) is 0 Å². The monoisotopic (exact) mass is 513 g/mol. The van der Waals surface area contributed by atoms with Gasteiger partial charge in [-0.1, -0.05) is 37.6 Å². The summed E-state index contributed by atoms with van der Waals surface area (Å²) in [6, 6.07) is 18.8. The lowest BCUT2D eigenvalue weighted by atomic mass is 10.1. The Labute approximate surface area is 215 Å². The van der Waals surface area contributed by atoms with Gasteiger partial charge in [0.15, 0.2) is 5.16 Å². The van der Waals surface area contributed by atoms with Crippen molar-refractivity contribution in [2.45, 2.75) is 36.2 Å². The first-order chi connectivity index (χ1) is 17.9. The highest BCUT2D eigenvalue weighted by Gasteiger charge is 2.20. The number of aryl methyl sites for hydroxylation is 1. The number of non-ortho nitro benzene ring substituents is 1. The molecule has 0 aliphatic heterocycles. The Balaban J connectivity index is 1.69. The van der Waals surface area contributed by atoms with Gasteiger partial charge in [0.05, 0.1) is 32.7 Å². The highest BCUT2D eigenvalue weighted by molar-refractivity contribution is 7.99. The summed E-state index contributed by atoms with van der Waals surface area (Å²) >= 11 is 0.952. The number of nitrogens with zero attached hydrogens (tertiary/aromatic N) is 3. The molecule has 0 atom stereocenters. The molecular weight excluding hydrogens is 490 g/mol. The van der Waals surface area contributed by atoms with E-state index in [0.717, 1.165) is 31.0 Å². The summed E-state index contributed by atoms with van der Waals surface area (Å²) in [7, 11) is 0. The Morgan fingerprint density at radius 2 is 1.81 bits per heavy atom. The quantitative estimate of drug-likeness (QED) is 0.173. The van der Waals surface area contributed by atoms with Crippen LogP contribution in [0.2, 0.25) is 0 Å². The van der Waals surface area contributed by atoms with E-state index >= 15 is 0 Å². The van der Waals surface area contributed by atoms with E-state index in [4.69, 9.17) is 10.7 Å². The number of para-hydroxylation sites is 1. The van der Waals surface area contributed by atoms with Crippen molar-refractivity contribution in [2.75, 3.05) is 5.73 Å². The van der Waals surface area contributed by atoms with Crippen LogP contribution in [0.15, 0.2) is 86.4 Å². The lowest BCUT2D eigenvalue weighted by Crippen LogP contribution is -2.22. The summed E-state index contributed by atoms with van der Waals surface area (Å²) in [4.78, 5) is 44.9. The number of nitro groups is 1. The molecular formula is C27H23N5O4S. The summed E-state index contributed by atoms with van der Waals surface area (Å²) in [5, 5.41) is 12.3. The molecule has 0 amide bonds. The first-order valence-corrected chi connectivity index (χ1v) is 12.6. The van der Waals surface area contributed by atoms with E-state index in [9.17, 15) is 19.7 Å². The summed E-state index contributed by atoms with van der Waals surface area (Å²) in [6.07, 6.45) is 3.10. The fourth-order valence-electron chi connectivity index (χ4n) is 4.20. The molecule has 0 aliphatic rings. The zero-order valence-electron chi connectivity index (χ0n) is 19.9. The molecule has 9 nitrogen and oxygen atoms in total. The maximum absolute atomic E-state index is 13.6.